The van der Waals surface area contributed by atoms with E-state index in [1.165, 1.54) is 162 Å². The monoisotopic (exact) mass is 1990 g/mol. The predicted molar refractivity (Wildman–Crippen MR) is 575 cm³/mol. The number of benzene rings is 8. The summed E-state index contributed by atoms with van der Waals surface area (Å²) < 4.78 is 114. The van der Waals surface area contributed by atoms with Gasteiger partial charge in [-0.25, -0.2) is 75.0 Å². The minimum Gasteiger partial charge on any atom is -0.367 e. The fourth-order valence-electron chi connectivity index (χ4n) is 26.0. The van der Waals surface area contributed by atoms with Crippen molar-refractivity contribution in [3.05, 3.63) is 263 Å². The summed E-state index contributed by atoms with van der Waals surface area (Å²) in [5, 5.41) is 16.9. The molecule has 0 amide bonds. The van der Waals surface area contributed by atoms with Gasteiger partial charge in [-0.1, -0.05) is 187 Å². The van der Waals surface area contributed by atoms with Crippen molar-refractivity contribution >= 4 is 66.9 Å². The Morgan fingerprint density at radius 3 is 0.646 bits per heavy atom. The van der Waals surface area contributed by atoms with Gasteiger partial charge in [-0.15, -0.1) is 0 Å². The lowest BCUT2D eigenvalue weighted by Gasteiger charge is -2.47. The van der Waals surface area contributed by atoms with Crippen molar-refractivity contribution in [2.45, 2.75) is 252 Å². The summed E-state index contributed by atoms with van der Waals surface area (Å²) in [7, 11) is 0. The number of hydrogen-bond donors (Lipinski definition) is 8. The number of nitrogens with zero attached hydrogens (tertiary/aromatic N) is 8. The van der Waals surface area contributed by atoms with Crippen LogP contribution >= 0.6 is 0 Å². The van der Waals surface area contributed by atoms with Gasteiger partial charge in [-0.3, -0.25) is 0 Å². The normalized spacial score (nSPS) is 24.0. The minimum absolute atomic E-state index is 0.0523. The molecule has 0 radical (unpaired) electrons. The molecule has 8 bridgehead atoms. The van der Waals surface area contributed by atoms with Crippen LogP contribution in [0.25, 0.3) is 134 Å². The summed E-state index contributed by atoms with van der Waals surface area (Å²) in [4.78, 5) is 50.9. The summed E-state index contributed by atoms with van der Waals surface area (Å²) in [6.07, 6.45) is 29.8. The molecule has 8 atom stereocenters. The molecule has 0 saturated heterocycles. The third kappa shape index (κ3) is 20.2. The highest BCUT2D eigenvalue weighted by atomic mass is 19.2. The lowest BCUT2D eigenvalue weighted by molar-refractivity contribution is 0.0928. The highest BCUT2D eigenvalue weighted by Crippen LogP contribution is 2.53. The molecule has 13 aliphatic carbocycles. The second-order valence-electron chi connectivity index (χ2n) is 47.1. The fraction of sp³-hybridized carbons (Fsp3) is 0.415. The van der Waals surface area contributed by atoms with Crippen LogP contribution in [0.5, 0.6) is 0 Å². The molecule has 147 heavy (non-hydrogen) atoms. The second-order valence-corrected chi connectivity index (χ2v) is 47.1. The first-order chi connectivity index (χ1) is 70.5. The molecule has 760 valence electrons. The molecule has 24 heteroatoms. The Bertz CT molecular complexity index is 7000. The first kappa shape index (κ1) is 98.5. The molecule has 13 fully saturated rings. The first-order valence-corrected chi connectivity index (χ1v) is 53.5. The number of fused-ring (bicyclic) bond motifs is 16. The van der Waals surface area contributed by atoms with Gasteiger partial charge in [0.1, 0.15) is 69.8 Å². The Morgan fingerprint density at radius 2 is 0.449 bits per heavy atom. The van der Waals surface area contributed by atoms with Crippen LogP contribution in [0.1, 0.15) is 234 Å². The molecule has 2 unspecified atom stereocenters. The first-order valence-electron chi connectivity index (χ1n) is 53.5. The quantitative estimate of drug-likeness (QED) is 0.0400. The molecule has 16 aromatic rings. The van der Waals surface area contributed by atoms with E-state index in [1.54, 1.807) is 24.8 Å². The van der Waals surface area contributed by atoms with Crippen LogP contribution < -0.4 is 21.3 Å². The largest absolute Gasteiger partial charge is 0.367 e. The zero-order valence-electron chi connectivity index (χ0n) is 86.1. The van der Waals surface area contributed by atoms with Crippen LogP contribution in [-0.2, 0) is 16.2 Å². The van der Waals surface area contributed by atoms with Crippen molar-refractivity contribution in [3.8, 4) is 90.6 Å². The van der Waals surface area contributed by atoms with Gasteiger partial charge in [0.05, 0.1) is 44.8 Å². The van der Waals surface area contributed by atoms with Crippen molar-refractivity contribution in [1.82, 2.24) is 59.8 Å². The number of nitrogens with one attached hydrogen (secondary N) is 8. The average molecular weight is 1990 g/mol. The van der Waals surface area contributed by atoms with Crippen molar-refractivity contribution in [2.75, 3.05) is 21.3 Å². The number of aromatic nitrogens is 12. The van der Waals surface area contributed by atoms with Crippen LogP contribution in [-0.4, -0.2) is 84.0 Å². The number of hydrogen-bond acceptors (Lipinski definition) is 12. The second kappa shape index (κ2) is 39.5. The molecule has 16 nitrogen and oxygen atoms in total. The molecule has 29 rings (SSSR count). The van der Waals surface area contributed by atoms with Gasteiger partial charge < -0.3 is 41.2 Å². The van der Waals surface area contributed by atoms with Gasteiger partial charge in [0, 0.05) is 164 Å². The number of anilines is 4. The molecule has 13 aliphatic rings. The van der Waals surface area contributed by atoms with Crippen LogP contribution in [0, 0.1) is 118 Å². The van der Waals surface area contributed by atoms with E-state index in [4.69, 9.17) is 39.9 Å². The van der Waals surface area contributed by atoms with Crippen LogP contribution in [0.3, 0.4) is 0 Å². The van der Waals surface area contributed by atoms with E-state index in [0.717, 1.165) is 116 Å². The van der Waals surface area contributed by atoms with Crippen LogP contribution in [0.15, 0.2) is 195 Å². The molecule has 13 saturated carbocycles. The maximum absolute atomic E-state index is 14.4. The lowest BCUT2D eigenvalue weighted by atomic mass is 9.62. The van der Waals surface area contributed by atoms with Gasteiger partial charge in [0.15, 0.2) is 23.3 Å². The predicted octanol–water partition coefficient (Wildman–Crippen LogP) is 32.0. The van der Waals surface area contributed by atoms with E-state index in [9.17, 15) is 35.1 Å². The number of rotatable bonds is 17. The van der Waals surface area contributed by atoms with E-state index in [2.05, 4.69) is 228 Å². The van der Waals surface area contributed by atoms with Gasteiger partial charge in [-0.05, 0) is 255 Å². The standard InChI is InChI=1S/3C31H34F2N4.C30H30F2N4/c3*1-17-18-5-7-20(8-6-18)28(17)36-27-15-26(19-9-11-21(12-10-19)31(2,3)4)35-30(37-27)24-16-34-29-23(24)13-22(32)14-25(29)33;1-16-17-2-10-21(11-3-17)28(16)35-27-14-26(20-8-6-19(7-9-20)18-4-5-18)34-30(36-27)24-15-33-29-23(24)12-22(31)13-25(29)32/h3*9-18,20,28,34H,5-8H2,1-4H3,(H,35,36,37);6-9,12-18,21,28,33H,2-5,10-11H2,1H3,(H,34,35,36)/t2*17-,18?,20?,28+;;16-,17?,21?,28+/m10.0/s1. The molecular formula is C123H132F8N16. The Kier molecular flexibility index (Phi) is 26.5. The molecule has 8 aromatic carbocycles. The molecule has 0 spiro atoms. The van der Waals surface area contributed by atoms with E-state index in [0.29, 0.717) is 145 Å². The Hall–Kier alpha value is -13.1. The summed E-state index contributed by atoms with van der Waals surface area (Å²) in [5.41, 5.74) is 15.8. The topological polar surface area (TPSA) is 214 Å². The van der Waals surface area contributed by atoms with Gasteiger partial charge in [0.25, 0.3) is 0 Å². The summed E-state index contributed by atoms with van der Waals surface area (Å²) in [6, 6.07) is 52.5. The fourth-order valence-corrected chi connectivity index (χ4v) is 26.0. The highest BCUT2D eigenvalue weighted by molar-refractivity contribution is 5.98. The van der Waals surface area contributed by atoms with E-state index in [-0.39, 0.29) is 38.3 Å². The van der Waals surface area contributed by atoms with Gasteiger partial charge in [0.2, 0.25) is 0 Å². The molecule has 8 N–H and O–H groups in total. The van der Waals surface area contributed by atoms with Crippen molar-refractivity contribution in [1.29, 1.82) is 0 Å². The average Bonchev–Trinajstić information content (AvgIpc) is 1.71. The minimum atomic E-state index is -0.624. The number of halogens is 8. The Morgan fingerprint density at radius 1 is 0.245 bits per heavy atom. The molecule has 0 aliphatic heterocycles. The molecule has 8 heterocycles. The van der Waals surface area contributed by atoms with Gasteiger partial charge >= 0.3 is 0 Å². The van der Waals surface area contributed by atoms with Crippen LogP contribution in [0.4, 0.5) is 58.4 Å². The van der Waals surface area contributed by atoms with Crippen molar-refractivity contribution < 1.29 is 35.1 Å². The van der Waals surface area contributed by atoms with E-state index >= 15 is 0 Å². The van der Waals surface area contributed by atoms with Crippen molar-refractivity contribution in [3.63, 3.8) is 0 Å². The van der Waals surface area contributed by atoms with Gasteiger partial charge in [-0.2, -0.15) is 0 Å². The zero-order chi connectivity index (χ0) is 102. The Labute approximate surface area is 854 Å². The Balaban J connectivity index is 0.000000111. The summed E-state index contributed by atoms with van der Waals surface area (Å²) in [6.45, 7) is 29.2. The number of H-pyrrole nitrogens is 4. The number of aromatic amines is 4. The van der Waals surface area contributed by atoms with Crippen LogP contribution in [0.2, 0.25) is 0 Å². The molecular weight excluding hydrogens is 1850 g/mol. The smallest absolute Gasteiger partial charge is 0.164 e. The maximum Gasteiger partial charge on any atom is 0.164 e. The third-order valence-electron chi connectivity index (χ3n) is 34.9. The van der Waals surface area contributed by atoms with E-state index in [1.807, 2.05) is 24.3 Å². The SMILES string of the molecule is CC1C2CCC(CC2)C1Nc1cc(-c2ccc(C(C)(C)C)cc2)nc(-c2c[nH]c3c(F)cc(F)cc23)n1.C[C@@H]1C2CCC(CC2)[C@H]1Nc1cc(-c2ccc(C(C)(C)C)cc2)nc(-c2c[nH]c3c(F)cc(F)cc23)n1.C[C@H]1C2CCC(CC2)[C@@H]1Nc1cc(-c2ccc(C(C)(C)C)cc2)nc(-c2c[nH]c3c(F)cc(F)cc23)n1.C[C@H]1C2CCC(CC2)[C@@H]1Nc1cc(-c2ccc(C3CC3)cc2)nc(-c2c[nH]c3c(F)cc(F)cc23)n1. The van der Waals surface area contributed by atoms with Crippen molar-refractivity contribution in [2.24, 2.45) is 71.0 Å². The zero-order valence-corrected chi connectivity index (χ0v) is 86.1. The summed E-state index contributed by atoms with van der Waals surface area (Å²) in [5.74, 6) is 8.54. The summed E-state index contributed by atoms with van der Waals surface area (Å²) >= 11 is 0. The molecule has 8 aromatic heterocycles. The highest BCUT2D eigenvalue weighted by Gasteiger charge is 2.46. The third-order valence-corrected chi connectivity index (χ3v) is 34.9. The maximum atomic E-state index is 14.4. The van der Waals surface area contributed by atoms with E-state index < -0.39 is 46.5 Å². The lowest BCUT2D eigenvalue weighted by Crippen LogP contribution is -2.47.